The molecule has 4 nitrogen and oxygen atoms in total. The molecule has 102 valence electrons. The van der Waals surface area contributed by atoms with Gasteiger partial charge in [0.2, 0.25) is 0 Å². The molecular formula is C11H16BrClN2O2S. The van der Waals surface area contributed by atoms with Gasteiger partial charge in [-0.2, -0.15) is 12.7 Å². The van der Waals surface area contributed by atoms with Crippen molar-refractivity contribution < 1.29 is 8.42 Å². The minimum absolute atomic E-state index is 0.123. The lowest BCUT2D eigenvalue weighted by Gasteiger charge is -2.22. The highest BCUT2D eigenvalue weighted by molar-refractivity contribution is 9.10. The van der Waals surface area contributed by atoms with Gasteiger partial charge in [0.15, 0.2) is 0 Å². The first-order valence-corrected chi connectivity index (χ1v) is 7.97. The molecule has 1 N–H and O–H groups in total. The zero-order valence-electron chi connectivity index (χ0n) is 10.7. The van der Waals surface area contributed by atoms with E-state index in [0.29, 0.717) is 15.2 Å². The zero-order chi connectivity index (χ0) is 14.1. The standard InChI is InChI=1S/C11H16BrClN2O2S/c1-7(2)15(4)18(16,17)14-11-6-10(13)8(3)5-9(11)12/h5-7,14H,1-4H3. The number of hydrogen-bond donors (Lipinski definition) is 1. The summed E-state index contributed by atoms with van der Waals surface area (Å²) in [6.07, 6.45) is 0. The van der Waals surface area contributed by atoms with Crippen molar-refractivity contribution in [2.45, 2.75) is 26.8 Å². The molecule has 1 aromatic rings. The average molecular weight is 356 g/mol. The first-order valence-electron chi connectivity index (χ1n) is 5.36. The quantitative estimate of drug-likeness (QED) is 0.900. The van der Waals surface area contributed by atoms with E-state index in [1.165, 1.54) is 11.4 Å². The summed E-state index contributed by atoms with van der Waals surface area (Å²) in [6.45, 7) is 5.46. The summed E-state index contributed by atoms with van der Waals surface area (Å²) in [6, 6.07) is 3.24. The van der Waals surface area contributed by atoms with Crippen molar-refractivity contribution in [1.29, 1.82) is 0 Å². The highest BCUT2D eigenvalue weighted by Crippen LogP contribution is 2.30. The predicted octanol–water partition coefficient (Wildman–Crippen LogP) is 3.41. The lowest BCUT2D eigenvalue weighted by Crippen LogP contribution is -2.37. The Hall–Kier alpha value is -0.300. The maximum Gasteiger partial charge on any atom is 0.301 e. The third kappa shape index (κ3) is 3.60. The molecule has 0 aromatic heterocycles. The molecule has 0 atom stereocenters. The third-order valence-electron chi connectivity index (χ3n) is 2.59. The van der Waals surface area contributed by atoms with Gasteiger partial charge in [-0.05, 0) is 54.4 Å². The van der Waals surface area contributed by atoms with E-state index in [0.717, 1.165) is 5.56 Å². The maximum absolute atomic E-state index is 12.0. The highest BCUT2D eigenvalue weighted by Gasteiger charge is 2.21. The molecule has 1 rings (SSSR count). The zero-order valence-corrected chi connectivity index (χ0v) is 13.8. The van der Waals surface area contributed by atoms with Gasteiger partial charge in [-0.3, -0.25) is 4.72 Å². The van der Waals surface area contributed by atoms with Gasteiger partial charge < -0.3 is 0 Å². The Labute approximate surface area is 122 Å². The molecule has 0 bridgehead atoms. The van der Waals surface area contributed by atoms with Gasteiger partial charge in [0.05, 0.1) is 5.69 Å². The fraction of sp³-hybridized carbons (Fsp3) is 0.455. The molecule has 0 heterocycles. The van der Waals surface area contributed by atoms with Gasteiger partial charge in [-0.25, -0.2) is 0 Å². The number of aryl methyl sites for hydroxylation is 1. The van der Waals surface area contributed by atoms with Gasteiger partial charge in [0.1, 0.15) is 0 Å². The van der Waals surface area contributed by atoms with Crippen LogP contribution in [0.2, 0.25) is 5.02 Å². The van der Waals surface area contributed by atoms with Crippen LogP contribution in [-0.2, 0) is 10.2 Å². The molecule has 1 aromatic carbocycles. The Morgan fingerprint density at radius 3 is 2.44 bits per heavy atom. The van der Waals surface area contributed by atoms with Gasteiger partial charge in [0, 0.05) is 22.6 Å². The SMILES string of the molecule is Cc1cc(Br)c(NS(=O)(=O)N(C)C(C)C)cc1Cl. The van der Waals surface area contributed by atoms with Gasteiger partial charge in [-0.1, -0.05) is 11.6 Å². The van der Waals surface area contributed by atoms with Gasteiger partial charge >= 0.3 is 10.2 Å². The fourth-order valence-electron chi connectivity index (χ4n) is 1.21. The van der Waals surface area contributed by atoms with Crippen LogP contribution in [0.3, 0.4) is 0 Å². The minimum atomic E-state index is -3.57. The first kappa shape index (κ1) is 15.8. The number of benzene rings is 1. The second kappa shape index (κ2) is 5.77. The second-order valence-corrected chi connectivity index (χ2v) is 7.29. The Balaban J connectivity index is 3.09. The molecule has 0 radical (unpaired) electrons. The van der Waals surface area contributed by atoms with Crippen LogP contribution in [0.5, 0.6) is 0 Å². The predicted molar refractivity (Wildman–Crippen MR) is 79.3 cm³/mol. The first-order chi connectivity index (χ1) is 8.15. The van der Waals surface area contributed by atoms with Crippen molar-refractivity contribution >= 4 is 43.4 Å². The Kier molecular flexibility index (Phi) is 5.05. The van der Waals surface area contributed by atoms with Gasteiger partial charge in [-0.15, -0.1) is 0 Å². The summed E-state index contributed by atoms with van der Waals surface area (Å²) in [5.41, 5.74) is 1.31. The van der Waals surface area contributed by atoms with Crippen molar-refractivity contribution in [3.63, 3.8) is 0 Å². The largest absolute Gasteiger partial charge is 0.301 e. The van der Waals surface area contributed by atoms with E-state index in [2.05, 4.69) is 20.7 Å². The van der Waals surface area contributed by atoms with Crippen LogP contribution in [-0.4, -0.2) is 25.8 Å². The van der Waals surface area contributed by atoms with Crippen molar-refractivity contribution in [1.82, 2.24) is 4.31 Å². The molecule has 0 fully saturated rings. The number of anilines is 1. The van der Waals surface area contributed by atoms with Crippen LogP contribution in [0.15, 0.2) is 16.6 Å². The number of hydrogen-bond acceptors (Lipinski definition) is 2. The van der Waals surface area contributed by atoms with E-state index in [4.69, 9.17) is 11.6 Å². The number of nitrogens with one attached hydrogen (secondary N) is 1. The number of rotatable bonds is 4. The molecule has 7 heteroatoms. The summed E-state index contributed by atoms with van der Waals surface area (Å²) in [5.74, 6) is 0. The van der Waals surface area contributed by atoms with E-state index in [1.807, 2.05) is 6.92 Å². The molecule has 18 heavy (non-hydrogen) atoms. The molecule has 0 spiro atoms. The average Bonchev–Trinajstić information content (AvgIpc) is 2.24. The van der Waals surface area contributed by atoms with Crippen molar-refractivity contribution in [2.75, 3.05) is 11.8 Å². The van der Waals surface area contributed by atoms with E-state index >= 15 is 0 Å². The van der Waals surface area contributed by atoms with Crippen LogP contribution in [0.1, 0.15) is 19.4 Å². The smallest absolute Gasteiger partial charge is 0.270 e. The Morgan fingerprint density at radius 2 is 1.94 bits per heavy atom. The molecule has 0 aliphatic rings. The molecule has 0 amide bonds. The fourth-order valence-corrected chi connectivity index (χ4v) is 3.21. The van der Waals surface area contributed by atoms with Crippen LogP contribution in [0, 0.1) is 6.92 Å². The van der Waals surface area contributed by atoms with E-state index < -0.39 is 10.2 Å². The normalized spacial score (nSPS) is 12.2. The highest BCUT2D eigenvalue weighted by atomic mass is 79.9. The number of halogens is 2. The Bertz CT molecular complexity index is 546. The third-order valence-corrected chi connectivity index (χ3v) is 5.31. The monoisotopic (exact) mass is 354 g/mol. The van der Waals surface area contributed by atoms with Gasteiger partial charge in [0.25, 0.3) is 0 Å². The summed E-state index contributed by atoms with van der Waals surface area (Å²) < 4.78 is 28.5. The Morgan fingerprint density at radius 1 is 1.39 bits per heavy atom. The molecule has 0 unspecified atom stereocenters. The molecule has 0 aliphatic carbocycles. The summed E-state index contributed by atoms with van der Waals surface area (Å²) >= 11 is 9.30. The summed E-state index contributed by atoms with van der Waals surface area (Å²) in [7, 11) is -2.05. The molecule has 0 aliphatic heterocycles. The summed E-state index contributed by atoms with van der Waals surface area (Å²) in [5, 5.41) is 0.517. The van der Waals surface area contributed by atoms with Crippen LogP contribution >= 0.6 is 27.5 Å². The van der Waals surface area contributed by atoms with E-state index in [-0.39, 0.29) is 6.04 Å². The minimum Gasteiger partial charge on any atom is -0.270 e. The lowest BCUT2D eigenvalue weighted by molar-refractivity contribution is 0.414. The van der Waals surface area contributed by atoms with Crippen LogP contribution in [0.4, 0.5) is 5.69 Å². The van der Waals surface area contributed by atoms with Crippen molar-refractivity contribution in [2.24, 2.45) is 0 Å². The van der Waals surface area contributed by atoms with Crippen LogP contribution in [0.25, 0.3) is 0 Å². The molecule has 0 saturated heterocycles. The van der Waals surface area contributed by atoms with E-state index in [9.17, 15) is 8.42 Å². The van der Waals surface area contributed by atoms with Crippen molar-refractivity contribution in [3.8, 4) is 0 Å². The second-order valence-electron chi connectivity index (χ2n) is 4.30. The number of nitrogens with zero attached hydrogens (tertiary/aromatic N) is 1. The lowest BCUT2D eigenvalue weighted by atomic mass is 10.2. The summed E-state index contributed by atoms with van der Waals surface area (Å²) in [4.78, 5) is 0. The van der Waals surface area contributed by atoms with E-state index in [1.54, 1.807) is 26.0 Å². The maximum atomic E-state index is 12.0. The molecule has 0 saturated carbocycles. The molecular weight excluding hydrogens is 340 g/mol. The van der Waals surface area contributed by atoms with Crippen LogP contribution < -0.4 is 4.72 Å². The van der Waals surface area contributed by atoms with Crippen molar-refractivity contribution in [3.05, 3.63) is 27.2 Å². The topological polar surface area (TPSA) is 49.4 Å².